The minimum absolute atomic E-state index is 0.391. The Kier molecular flexibility index (Phi) is 3.68. The van der Waals surface area contributed by atoms with E-state index < -0.39 is 11.9 Å². The third kappa shape index (κ3) is 2.65. The number of anilines is 1. The second-order valence-electron chi connectivity index (χ2n) is 5.41. The number of fused-ring (bicyclic) bond motifs is 1. The Labute approximate surface area is 128 Å². The molecule has 0 aliphatic carbocycles. The Hall–Kier alpha value is -1.88. The van der Waals surface area contributed by atoms with E-state index in [1.54, 1.807) is 11.3 Å². The molecule has 1 atom stereocenters. The number of rotatable bonds is 3. The summed E-state index contributed by atoms with van der Waals surface area (Å²) in [6, 6.07) is 7.82. The van der Waals surface area contributed by atoms with Gasteiger partial charge in [0.05, 0.1) is 18.2 Å². The van der Waals surface area contributed by atoms with Gasteiger partial charge in [-0.3, -0.25) is 4.79 Å². The maximum absolute atomic E-state index is 11.4. The highest BCUT2D eigenvalue weighted by Gasteiger charge is 2.29. The average Bonchev–Trinajstić information content (AvgIpc) is 2.77. The van der Waals surface area contributed by atoms with Crippen molar-refractivity contribution in [2.45, 2.75) is 32.7 Å². The van der Waals surface area contributed by atoms with Crippen molar-refractivity contribution in [3.63, 3.8) is 0 Å². The van der Waals surface area contributed by atoms with Gasteiger partial charge in [-0.25, -0.2) is 4.98 Å². The van der Waals surface area contributed by atoms with E-state index in [0.29, 0.717) is 6.42 Å². The molecule has 3 rings (SSSR count). The largest absolute Gasteiger partial charge is 0.481 e. The van der Waals surface area contributed by atoms with Gasteiger partial charge in [0, 0.05) is 17.1 Å². The number of para-hydroxylation sites is 1. The summed E-state index contributed by atoms with van der Waals surface area (Å²) in [6.45, 7) is 5.62. The second-order valence-corrected chi connectivity index (χ2v) is 6.70. The Morgan fingerprint density at radius 3 is 2.86 bits per heavy atom. The van der Waals surface area contributed by atoms with E-state index in [1.807, 2.05) is 31.2 Å². The van der Waals surface area contributed by atoms with Crippen LogP contribution in [0.25, 0.3) is 0 Å². The molecule has 0 radical (unpaired) electrons. The van der Waals surface area contributed by atoms with Crippen molar-refractivity contribution >= 4 is 23.0 Å². The number of aliphatic carboxylic acids is 1. The minimum Gasteiger partial charge on any atom is -0.481 e. The fourth-order valence-corrected chi connectivity index (χ4v) is 3.77. The van der Waals surface area contributed by atoms with Gasteiger partial charge in [-0.1, -0.05) is 18.2 Å². The molecule has 0 bridgehead atoms. The molecule has 1 aliphatic rings. The zero-order valence-electron chi connectivity index (χ0n) is 12.2. The second kappa shape index (κ2) is 5.48. The molecule has 1 aromatic heterocycles. The number of aryl methyl sites for hydroxylation is 2. The van der Waals surface area contributed by atoms with Gasteiger partial charge < -0.3 is 10.0 Å². The molecule has 1 unspecified atom stereocenters. The first-order valence-corrected chi connectivity index (χ1v) is 7.87. The summed E-state index contributed by atoms with van der Waals surface area (Å²) in [5, 5.41) is 10.5. The van der Waals surface area contributed by atoms with Gasteiger partial charge in [0.1, 0.15) is 5.01 Å². The van der Waals surface area contributed by atoms with E-state index in [-0.39, 0.29) is 0 Å². The summed E-state index contributed by atoms with van der Waals surface area (Å²) in [5.74, 6) is -1.12. The lowest BCUT2D eigenvalue weighted by Gasteiger charge is -2.33. The molecule has 21 heavy (non-hydrogen) atoms. The highest BCUT2D eigenvalue weighted by molar-refractivity contribution is 7.11. The molecule has 2 heterocycles. The number of hydrogen-bond acceptors (Lipinski definition) is 4. The summed E-state index contributed by atoms with van der Waals surface area (Å²) < 4.78 is 0. The molecule has 0 amide bonds. The molecule has 1 aromatic carbocycles. The number of thiazole rings is 1. The Morgan fingerprint density at radius 2 is 2.19 bits per heavy atom. The molecule has 1 N–H and O–H groups in total. The van der Waals surface area contributed by atoms with Crippen molar-refractivity contribution in [3.05, 3.63) is 45.4 Å². The summed E-state index contributed by atoms with van der Waals surface area (Å²) in [5.41, 5.74) is 3.03. The zero-order valence-corrected chi connectivity index (χ0v) is 13.0. The molecular formula is C16H18N2O2S. The Balaban J connectivity index is 1.90. The van der Waals surface area contributed by atoms with E-state index in [2.05, 4.69) is 16.8 Å². The predicted octanol–water partition coefficient (Wildman–Crippen LogP) is 3.34. The summed E-state index contributed by atoms with van der Waals surface area (Å²) >= 11 is 1.72. The third-order valence-corrected chi connectivity index (χ3v) is 5.10. The molecule has 2 aromatic rings. The first kappa shape index (κ1) is 14.1. The van der Waals surface area contributed by atoms with Gasteiger partial charge in [-0.15, -0.1) is 11.3 Å². The topological polar surface area (TPSA) is 53.4 Å². The maximum Gasteiger partial charge on any atom is 0.311 e. The number of hydrogen-bond donors (Lipinski definition) is 1. The normalized spacial score (nSPS) is 17.6. The number of carboxylic acids is 1. The highest BCUT2D eigenvalue weighted by Crippen LogP contribution is 2.36. The monoisotopic (exact) mass is 302 g/mol. The van der Waals surface area contributed by atoms with Crippen molar-refractivity contribution in [2.75, 3.05) is 11.4 Å². The lowest BCUT2D eigenvalue weighted by molar-refractivity contribution is -0.139. The maximum atomic E-state index is 11.4. The highest BCUT2D eigenvalue weighted by atomic mass is 32.1. The molecule has 0 saturated heterocycles. The predicted molar refractivity (Wildman–Crippen MR) is 84.1 cm³/mol. The van der Waals surface area contributed by atoms with E-state index in [0.717, 1.165) is 35.0 Å². The lowest BCUT2D eigenvalue weighted by atomic mass is 9.90. The van der Waals surface area contributed by atoms with Crippen LogP contribution in [0.2, 0.25) is 0 Å². The molecule has 0 saturated carbocycles. The first-order chi connectivity index (χ1) is 10.1. The van der Waals surface area contributed by atoms with Gasteiger partial charge >= 0.3 is 5.97 Å². The van der Waals surface area contributed by atoms with Gasteiger partial charge in [0.15, 0.2) is 0 Å². The standard InChI is InChI=1S/C16H18N2O2S/c1-10-11(2)21-15(17-10)9-18-8-7-13(16(19)20)12-5-3-4-6-14(12)18/h3-6,13H,7-9H2,1-2H3,(H,19,20). The van der Waals surface area contributed by atoms with Gasteiger partial charge in [-0.05, 0) is 31.9 Å². The van der Waals surface area contributed by atoms with Crippen molar-refractivity contribution in [1.29, 1.82) is 0 Å². The average molecular weight is 302 g/mol. The molecule has 4 nitrogen and oxygen atoms in total. The minimum atomic E-state index is -0.733. The lowest BCUT2D eigenvalue weighted by Crippen LogP contribution is -2.33. The molecule has 5 heteroatoms. The molecular weight excluding hydrogens is 284 g/mol. The van der Waals surface area contributed by atoms with Crippen LogP contribution < -0.4 is 4.90 Å². The van der Waals surface area contributed by atoms with Crippen molar-refractivity contribution < 1.29 is 9.90 Å². The van der Waals surface area contributed by atoms with Crippen LogP contribution in [0.5, 0.6) is 0 Å². The van der Waals surface area contributed by atoms with Gasteiger partial charge in [0.2, 0.25) is 0 Å². The zero-order chi connectivity index (χ0) is 15.0. The van der Waals surface area contributed by atoms with Crippen molar-refractivity contribution in [3.8, 4) is 0 Å². The van der Waals surface area contributed by atoms with E-state index in [1.165, 1.54) is 4.88 Å². The summed E-state index contributed by atoms with van der Waals surface area (Å²) in [6.07, 6.45) is 0.648. The van der Waals surface area contributed by atoms with E-state index >= 15 is 0 Å². The molecule has 110 valence electrons. The number of aromatic nitrogens is 1. The van der Waals surface area contributed by atoms with Crippen LogP contribution in [0.3, 0.4) is 0 Å². The molecule has 1 aliphatic heterocycles. The Morgan fingerprint density at radius 1 is 1.43 bits per heavy atom. The van der Waals surface area contributed by atoms with Crippen LogP contribution in [0.1, 0.15) is 33.5 Å². The fraction of sp³-hybridized carbons (Fsp3) is 0.375. The molecule has 0 spiro atoms. The number of carbonyl (C=O) groups is 1. The number of benzene rings is 1. The summed E-state index contributed by atoms with van der Waals surface area (Å²) in [7, 11) is 0. The van der Waals surface area contributed by atoms with Gasteiger partial charge in [0.25, 0.3) is 0 Å². The van der Waals surface area contributed by atoms with E-state index in [9.17, 15) is 9.90 Å². The quantitative estimate of drug-likeness (QED) is 0.945. The smallest absolute Gasteiger partial charge is 0.311 e. The summed E-state index contributed by atoms with van der Waals surface area (Å²) in [4.78, 5) is 19.5. The number of carboxylic acid groups (broad SMARTS) is 1. The van der Waals surface area contributed by atoms with Crippen LogP contribution in [-0.4, -0.2) is 22.6 Å². The van der Waals surface area contributed by atoms with E-state index in [4.69, 9.17) is 0 Å². The van der Waals surface area contributed by atoms with Crippen LogP contribution in [0.15, 0.2) is 24.3 Å². The van der Waals surface area contributed by atoms with Crippen LogP contribution >= 0.6 is 11.3 Å². The molecule has 0 fully saturated rings. The van der Waals surface area contributed by atoms with Crippen LogP contribution in [-0.2, 0) is 11.3 Å². The first-order valence-electron chi connectivity index (χ1n) is 7.06. The van der Waals surface area contributed by atoms with Crippen molar-refractivity contribution in [2.24, 2.45) is 0 Å². The third-order valence-electron chi connectivity index (χ3n) is 4.04. The van der Waals surface area contributed by atoms with Crippen molar-refractivity contribution in [1.82, 2.24) is 4.98 Å². The SMILES string of the molecule is Cc1nc(CN2CCC(C(=O)O)c3ccccc32)sc1C. The van der Waals surface area contributed by atoms with Gasteiger partial charge in [-0.2, -0.15) is 0 Å². The Bertz CT molecular complexity index is 661. The van der Waals surface area contributed by atoms with Crippen LogP contribution in [0.4, 0.5) is 5.69 Å². The fourth-order valence-electron chi connectivity index (χ4n) is 2.82. The van der Waals surface area contributed by atoms with Crippen LogP contribution in [0, 0.1) is 13.8 Å². The number of nitrogens with zero attached hydrogens (tertiary/aromatic N) is 2.